The van der Waals surface area contributed by atoms with Crippen LogP contribution >= 0.6 is 0 Å². The highest BCUT2D eigenvalue weighted by Crippen LogP contribution is 2.29. The highest BCUT2D eigenvalue weighted by atomic mass is 16.6. The molecular formula is C13H14N2O4. The highest BCUT2D eigenvalue weighted by molar-refractivity contribution is 5.64. The number of rotatable bonds is 5. The second-order valence-corrected chi connectivity index (χ2v) is 4.23. The third kappa shape index (κ3) is 2.92. The molecular weight excluding hydrogens is 248 g/mol. The van der Waals surface area contributed by atoms with Crippen LogP contribution in [0.15, 0.2) is 41.2 Å². The van der Waals surface area contributed by atoms with E-state index >= 15 is 0 Å². The maximum absolute atomic E-state index is 11.1. The minimum atomic E-state index is -0.444. The highest BCUT2D eigenvalue weighted by Gasteiger charge is 2.18. The lowest BCUT2D eigenvalue weighted by molar-refractivity contribution is -0.384. The molecule has 2 rings (SSSR count). The zero-order valence-electron chi connectivity index (χ0n) is 10.4. The van der Waals surface area contributed by atoms with E-state index in [0.717, 1.165) is 5.56 Å². The number of furan rings is 1. The van der Waals surface area contributed by atoms with E-state index in [1.165, 1.54) is 6.07 Å². The molecule has 0 saturated carbocycles. The topological polar surface area (TPSA) is 79.8 Å². The van der Waals surface area contributed by atoms with Gasteiger partial charge in [-0.3, -0.25) is 10.1 Å². The summed E-state index contributed by atoms with van der Waals surface area (Å²) in [6, 6.07) is 6.52. The van der Waals surface area contributed by atoms with Gasteiger partial charge in [0.2, 0.25) is 0 Å². The second kappa shape index (κ2) is 5.53. The lowest BCUT2D eigenvalue weighted by Crippen LogP contribution is -2.17. The molecule has 100 valence electrons. The first-order valence-electron chi connectivity index (χ1n) is 5.72. The van der Waals surface area contributed by atoms with Crippen molar-refractivity contribution in [2.45, 2.75) is 13.2 Å². The Kier molecular flexibility index (Phi) is 3.82. The summed E-state index contributed by atoms with van der Waals surface area (Å²) in [5.74, 6) is 0. The Morgan fingerprint density at radius 2 is 2.16 bits per heavy atom. The molecule has 0 radical (unpaired) electrons. The first kappa shape index (κ1) is 13.1. The fraction of sp³-hybridized carbons (Fsp3) is 0.231. The van der Waals surface area contributed by atoms with Crippen molar-refractivity contribution in [2.24, 2.45) is 0 Å². The van der Waals surface area contributed by atoms with E-state index in [0.29, 0.717) is 17.8 Å². The Balaban J connectivity index is 2.30. The van der Waals surface area contributed by atoms with Crippen molar-refractivity contribution in [1.29, 1.82) is 0 Å². The van der Waals surface area contributed by atoms with E-state index in [1.807, 2.05) is 6.07 Å². The number of hydrogen-bond donors (Lipinski definition) is 1. The number of benzene rings is 1. The summed E-state index contributed by atoms with van der Waals surface area (Å²) in [5.41, 5.74) is 1.94. The molecule has 0 amide bonds. The van der Waals surface area contributed by atoms with Crippen LogP contribution in [0.2, 0.25) is 0 Å². The zero-order chi connectivity index (χ0) is 13.8. The number of anilines is 1. The molecule has 0 fully saturated rings. The van der Waals surface area contributed by atoms with Crippen LogP contribution in [-0.2, 0) is 13.2 Å². The lowest BCUT2D eigenvalue weighted by Gasteiger charge is -2.18. The van der Waals surface area contributed by atoms with Gasteiger partial charge in [0.1, 0.15) is 5.69 Å². The molecule has 0 atom stereocenters. The molecule has 6 nitrogen and oxygen atoms in total. The van der Waals surface area contributed by atoms with Crippen molar-refractivity contribution in [3.8, 4) is 0 Å². The van der Waals surface area contributed by atoms with Gasteiger partial charge in [-0.1, -0.05) is 6.07 Å². The van der Waals surface area contributed by atoms with Gasteiger partial charge in [-0.25, -0.2) is 0 Å². The molecule has 0 aliphatic heterocycles. The van der Waals surface area contributed by atoms with E-state index in [9.17, 15) is 10.1 Å². The van der Waals surface area contributed by atoms with Crippen molar-refractivity contribution in [3.05, 3.63) is 58.0 Å². The fourth-order valence-corrected chi connectivity index (χ4v) is 1.88. The Labute approximate surface area is 110 Å². The third-order valence-corrected chi connectivity index (χ3v) is 2.83. The molecule has 1 N–H and O–H groups in total. The SMILES string of the molecule is CN(Cc1ccoc1)c1ccc(CO)cc1[N+](=O)[O-]. The van der Waals surface area contributed by atoms with Crippen LogP contribution in [-0.4, -0.2) is 17.1 Å². The van der Waals surface area contributed by atoms with E-state index in [4.69, 9.17) is 9.52 Å². The van der Waals surface area contributed by atoms with Gasteiger partial charge < -0.3 is 14.4 Å². The number of aliphatic hydroxyl groups excluding tert-OH is 1. The molecule has 6 heteroatoms. The normalized spacial score (nSPS) is 10.4. The summed E-state index contributed by atoms with van der Waals surface area (Å²) in [4.78, 5) is 12.4. The lowest BCUT2D eigenvalue weighted by atomic mass is 10.1. The van der Waals surface area contributed by atoms with Crippen LogP contribution < -0.4 is 4.90 Å². The van der Waals surface area contributed by atoms with Gasteiger partial charge in [0.05, 0.1) is 24.1 Å². The number of nitro groups is 1. The monoisotopic (exact) mass is 262 g/mol. The Morgan fingerprint density at radius 3 is 2.74 bits per heavy atom. The van der Waals surface area contributed by atoms with Gasteiger partial charge in [-0.2, -0.15) is 0 Å². The molecule has 0 aliphatic rings. The summed E-state index contributed by atoms with van der Waals surface area (Å²) in [6.45, 7) is 0.294. The maximum Gasteiger partial charge on any atom is 0.292 e. The van der Waals surface area contributed by atoms with Gasteiger partial charge in [0, 0.05) is 25.2 Å². The first-order valence-corrected chi connectivity index (χ1v) is 5.72. The predicted octanol–water partition coefficient (Wildman–Crippen LogP) is 2.32. The summed E-state index contributed by atoms with van der Waals surface area (Å²) >= 11 is 0. The van der Waals surface area contributed by atoms with Crippen LogP contribution in [0.1, 0.15) is 11.1 Å². The second-order valence-electron chi connectivity index (χ2n) is 4.23. The smallest absolute Gasteiger partial charge is 0.292 e. The zero-order valence-corrected chi connectivity index (χ0v) is 10.4. The molecule has 0 bridgehead atoms. The molecule has 2 aromatic rings. The number of hydrogen-bond acceptors (Lipinski definition) is 5. The quantitative estimate of drug-likeness (QED) is 0.660. The number of nitro benzene ring substituents is 1. The Bertz CT molecular complexity index is 566. The largest absolute Gasteiger partial charge is 0.472 e. The van der Waals surface area contributed by atoms with Crippen molar-refractivity contribution >= 4 is 11.4 Å². The summed E-state index contributed by atoms with van der Waals surface area (Å²) in [5, 5.41) is 20.1. The van der Waals surface area contributed by atoms with Crippen molar-refractivity contribution in [3.63, 3.8) is 0 Å². The minimum absolute atomic E-state index is 0.0162. The van der Waals surface area contributed by atoms with E-state index in [2.05, 4.69) is 0 Å². The third-order valence-electron chi connectivity index (χ3n) is 2.83. The van der Waals surface area contributed by atoms with Crippen LogP contribution in [0.5, 0.6) is 0 Å². The van der Waals surface area contributed by atoms with Crippen molar-refractivity contribution in [1.82, 2.24) is 0 Å². The Hall–Kier alpha value is -2.34. The molecule has 1 heterocycles. The average molecular weight is 262 g/mol. The summed E-state index contributed by atoms with van der Waals surface area (Å²) in [6.07, 6.45) is 3.16. The maximum atomic E-state index is 11.1. The summed E-state index contributed by atoms with van der Waals surface area (Å²) in [7, 11) is 1.77. The van der Waals surface area contributed by atoms with Crippen LogP contribution in [0.3, 0.4) is 0 Å². The van der Waals surface area contributed by atoms with Crippen LogP contribution in [0.4, 0.5) is 11.4 Å². The molecule has 0 unspecified atom stereocenters. The number of nitrogens with zero attached hydrogens (tertiary/aromatic N) is 2. The molecule has 0 aliphatic carbocycles. The fourth-order valence-electron chi connectivity index (χ4n) is 1.88. The number of aliphatic hydroxyl groups is 1. The van der Waals surface area contributed by atoms with E-state index in [-0.39, 0.29) is 12.3 Å². The minimum Gasteiger partial charge on any atom is -0.472 e. The van der Waals surface area contributed by atoms with E-state index < -0.39 is 4.92 Å². The molecule has 0 spiro atoms. The molecule has 19 heavy (non-hydrogen) atoms. The summed E-state index contributed by atoms with van der Waals surface area (Å²) < 4.78 is 4.97. The van der Waals surface area contributed by atoms with Crippen LogP contribution in [0.25, 0.3) is 0 Å². The van der Waals surface area contributed by atoms with Crippen molar-refractivity contribution in [2.75, 3.05) is 11.9 Å². The standard InChI is InChI=1S/C13H14N2O4/c1-14(7-11-4-5-19-9-11)12-3-2-10(8-16)6-13(12)15(17)18/h2-6,9,16H,7-8H2,1H3. The first-order chi connectivity index (χ1) is 9.11. The predicted molar refractivity (Wildman–Crippen MR) is 69.8 cm³/mol. The van der Waals surface area contributed by atoms with Gasteiger partial charge in [0.25, 0.3) is 5.69 Å². The molecule has 1 aromatic carbocycles. The average Bonchev–Trinajstić information content (AvgIpc) is 2.90. The van der Waals surface area contributed by atoms with E-state index in [1.54, 1.807) is 36.6 Å². The van der Waals surface area contributed by atoms with Gasteiger partial charge in [-0.15, -0.1) is 0 Å². The van der Waals surface area contributed by atoms with Crippen LogP contribution in [0, 0.1) is 10.1 Å². The van der Waals surface area contributed by atoms with Crippen molar-refractivity contribution < 1.29 is 14.4 Å². The van der Waals surface area contributed by atoms with Gasteiger partial charge >= 0.3 is 0 Å². The van der Waals surface area contributed by atoms with Gasteiger partial charge in [0.15, 0.2) is 0 Å². The Morgan fingerprint density at radius 1 is 1.37 bits per heavy atom. The molecule has 1 aromatic heterocycles. The molecule has 0 saturated heterocycles. The van der Waals surface area contributed by atoms with Gasteiger partial charge in [-0.05, 0) is 17.7 Å².